The third-order valence-electron chi connectivity index (χ3n) is 4.82. The number of fused-ring (bicyclic) bond motifs is 1. The Bertz CT molecular complexity index is 293. The minimum Gasteiger partial charge on any atom is -0.395 e. The van der Waals surface area contributed by atoms with E-state index in [1.165, 1.54) is 18.4 Å². The molecule has 0 aromatic rings. The van der Waals surface area contributed by atoms with Crippen LogP contribution in [-0.4, -0.2) is 48.0 Å². The Morgan fingerprint density at radius 2 is 1.94 bits per heavy atom. The molecule has 98 valence electrons. The predicted octanol–water partition coefficient (Wildman–Crippen LogP) is 1.27. The van der Waals surface area contributed by atoms with Crippen LogP contribution in [0, 0.1) is 17.3 Å². The van der Waals surface area contributed by atoms with Crippen LogP contribution in [0.1, 0.15) is 26.7 Å². The van der Waals surface area contributed by atoms with Crippen molar-refractivity contribution in [2.24, 2.45) is 17.3 Å². The Morgan fingerprint density at radius 3 is 2.41 bits per heavy atom. The molecule has 2 bridgehead atoms. The zero-order valence-electron chi connectivity index (χ0n) is 11.0. The van der Waals surface area contributed by atoms with Crippen LogP contribution in [-0.2, 0) is 0 Å². The van der Waals surface area contributed by atoms with Gasteiger partial charge in [0, 0.05) is 19.6 Å². The molecule has 0 saturated heterocycles. The van der Waals surface area contributed by atoms with Crippen LogP contribution >= 0.6 is 0 Å². The van der Waals surface area contributed by atoms with E-state index < -0.39 is 0 Å². The molecule has 0 aromatic heterocycles. The van der Waals surface area contributed by atoms with Crippen molar-refractivity contribution in [2.45, 2.75) is 26.7 Å². The molecule has 0 radical (unpaired) electrons. The summed E-state index contributed by atoms with van der Waals surface area (Å²) in [7, 11) is 0. The van der Waals surface area contributed by atoms with E-state index in [4.69, 9.17) is 10.2 Å². The molecular weight excluding hydrogens is 214 g/mol. The summed E-state index contributed by atoms with van der Waals surface area (Å²) < 4.78 is 0. The van der Waals surface area contributed by atoms with Gasteiger partial charge in [0.2, 0.25) is 0 Å². The fourth-order valence-electron chi connectivity index (χ4n) is 3.47. The number of hydrogen-bond acceptors (Lipinski definition) is 3. The van der Waals surface area contributed by atoms with Crippen LogP contribution in [0.5, 0.6) is 0 Å². The molecule has 2 unspecified atom stereocenters. The maximum Gasteiger partial charge on any atom is 0.0558 e. The molecule has 0 amide bonds. The summed E-state index contributed by atoms with van der Waals surface area (Å²) >= 11 is 0. The van der Waals surface area contributed by atoms with Gasteiger partial charge < -0.3 is 10.2 Å². The molecule has 2 atom stereocenters. The summed E-state index contributed by atoms with van der Waals surface area (Å²) in [6.07, 6.45) is 4.95. The normalized spacial score (nSPS) is 30.1. The van der Waals surface area contributed by atoms with Crippen LogP contribution < -0.4 is 0 Å². The standard InChI is InChI=1S/C14H25NO2/c1-14(2)12-4-3-11(13(14)9-12)10-15(5-7-16)6-8-17/h3,12-13,16-17H,4-10H2,1-2H3. The molecular formula is C14H25NO2. The Hall–Kier alpha value is -0.380. The smallest absolute Gasteiger partial charge is 0.0558 e. The van der Waals surface area contributed by atoms with Crippen LogP contribution in [0.3, 0.4) is 0 Å². The first-order chi connectivity index (χ1) is 8.09. The van der Waals surface area contributed by atoms with E-state index in [0.717, 1.165) is 18.4 Å². The van der Waals surface area contributed by atoms with Crippen molar-refractivity contribution in [3.63, 3.8) is 0 Å². The number of nitrogens with zero attached hydrogens (tertiary/aromatic N) is 1. The first-order valence-electron chi connectivity index (χ1n) is 6.72. The second kappa shape index (κ2) is 5.09. The zero-order chi connectivity index (χ0) is 12.5. The highest BCUT2D eigenvalue weighted by molar-refractivity contribution is 5.24. The maximum atomic E-state index is 9.03. The summed E-state index contributed by atoms with van der Waals surface area (Å²) in [5, 5.41) is 18.1. The highest BCUT2D eigenvalue weighted by atomic mass is 16.3. The molecule has 2 N–H and O–H groups in total. The van der Waals surface area contributed by atoms with Gasteiger partial charge in [-0.15, -0.1) is 0 Å². The van der Waals surface area contributed by atoms with Crippen LogP contribution in [0.4, 0.5) is 0 Å². The van der Waals surface area contributed by atoms with E-state index >= 15 is 0 Å². The number of aliphatic hydroxyl groups excluding tert-OH is 2. The van der Waals surface area contributed by atoms with Crippen molar-refractivity contribution >= 4 is 0 Å². The van der Waals surface area contributed by atoms with Crippen molar-refractivity contribution in [1.29, 1.82) is 0 Å². The van der Waals surface area contributed by atoms with E-state index in [2.05, 4.69) is 24.8 Å². The second-order valence-electron chi connectivity index (χ2n) is 6.04. The minimum absolute atomic E-state index is 0.171. The Balaban J connectivity index is 1.96. The molecule has 0 aliphatic heterocycles. The number of rotatable bonds is 6. The topological polar surface area (TPSA) is 43.7 Å². The monoisotopic (exact) mass is 239 g/mol. The van der Waals surface area contributed by atoms with Crippen molar-refractivity contribution < 1.29 is 10.2 Å². The predicted molar refractivity (Wildman–Crippen MR) is 68.7 cm³/mol. The number of hydrogen-bond donors (Lipinski definition) is 2. The summed E-state index contributed by atoms with van der Waals surface area (Å²) in [5.74, 6) is 1.60. The fraction of sp³-hybridized carbons (Fsp3) is 0.857. The first kappa shape index (κ1) is 13.1. The largest absolute Gasteiger partial charge is 0.395 e. The Morgan fingerprint density at radius 1 is 1.29 bits per heavy atom. The third kappa shape index (κ3) is 2.42. The van der Waals surface area contributed by atoms with Gasteiger partial charge in [-0.05, 0) is 30.1 Å². The zero-order valence-corrected chi connectivity index (χ0v) is 11.0. The molecule has 3 rings (SSSR count). The first-order valence-corrected chi connectivity index (χ1v) is 6.72. The SMILES string of the molecule is CC1(C)C2CC=C(CN(CCO)CCO)C1C2. The molecule has 17 heavy (non-hydrogen) atoms. The summed E-state index contributed by atoms with van der Waals surface area (Å²) in [4.78, 5) is 2.15. The summed E-state index contributed by atoms with van der Waals surface area (Å²) in [6.45, 7) is 7.33. The molecule has 1 fully saturated rings. The molecule has 0 aromatic carbocycles. The second-order valence-corrected chi connectivity index (χ2v) is 6.04. The molecule has 3 heteroatoms. The lowest BCUT2D eigenvalue weighted by Crippen LogP contribution is -2.50. The van der Waals surface area contributed by atoms with Crippen molar-refractivity contribution in [1.82, 2.24) is 4.90 Å². The Kier molecular flexibility index (Phi) is 3.91. The molecule has 3 nitrogen and oxygen atoms in total. The van der Waals surface area contributed by atoms with Crippen molar-refractivity contribution in [3.8, 4) is 0 Å². The average Bonchev–Trinajstić information content (AvgIpc) is 2.29. The van der Waals surface area contributed by atoms with Gasteiger partial charge >= 0.3 is 0 Å². The molecule has 1 saturated carbocycles. The van der Waals surface area contributed by atoms with Gasteiger partial charge in [0.15, 0.2) is 0 Å². The van der Waals surface area contributed by atoms with Gasteiger partial charge in [-0.2, -0.15) is 0 Å². The molecule has 0 heterocycles. The van der Waals surface area contributed by atoms with Crippen molar-refractivity contribution in [3.05, 3.63) is 11.6 Å². The van der Waals surface area contributed by atoms with Gasteiger partial charge in [0.05, 0.1) is 13.2 Å². The van der Waals surface area contributed by atoms with Gasteiger partial charge in [-0.25, -0.2) is 0 Å². The number of aliphatic hydroxyl groups is 2. The van der Waals surface area contributed by atoms with E-state index in [1.807, 2.05) is 0 Å². The van der Waals surface area contributed by atoms with Gasteiger partial charge in [-0.1, -0.05) is 25.5 Å². The van der Waals surface area contributed by atoms with Gasteiger partial charge in [0.25, 0.3) is 0 Å². The third-order valence-corrected chi connectivity index (χ3v) is 4.82. The van der Waals surface area contributed by atoms with Gasteiger partial charge in [-0.3, -0.25) is 4.90 Å². The average molecular weight is 239 g/mol. The highest BCUT2D eigenvalue weighted by Gasteiger charge is 2.51. The Labute approximate surface area is 104 Å². The lowest BCUT2D eigenvalue weighted by Gasteiger charge is -2.57. The molecule has 0 spiro atoms. The highest BCUT2D eigenvalue weighted by Crippen LogP contribution is 2.59. The quantitative estimate of drug-likeness (QED) is 0.686. The van der Waals surface area contributed by atoms with Crippen LogP contribution in [0.15, 0.2) is 11.6 Å². The lowest BCUT2D eigenvalue weighted by molar-refractivity contribution is -0.0113. The molecule has 3 aliphatic rings. The minimum atomic E-state index is 0.171. The van der Waals surface area contributed by atoms with E-state index in [-0.39, 0.29) is 13.2 Å². The summed E-state index contributed by atoms with van der Waals surface area (Å²) in [6, 6.07) is 0. The maximum absolute atomic E-state index is 9.03. The summed E-state index contributed by atoms with van der Waals surface area (Å²) in [5.41, 5.74) is 1.99. The van der Waals surface area contributed by atoms with Crippen LogP contribution in [0.25, 0.3) is 0 Å². The molecule has 3 aliphatic carbocycles. The van der Waals surface area contributed by atoms with Crippen LogP contribution in [0.2, 0.25) is 0 Å². The van der Waals surface area contributed by atoms with E-state index in [9.17, 15) is 0 Å². The fourth-order valence-corrected chi connectivity index (χ4v) is 3.47. The van der Waals surface area contributed by atoms with Crippen molar-refractivity contribution in [2.75, 3.05) is 32.8 Å². The number of allylic oxidation sites excluding steroid dienone is 1. The lowest BCUT2D eigenvalue weighted by atomic mass is 9.49. The van der Waals surface area contributed by atoms with E-state index in [0.29, 0.717) is 18.5 Å². The van der Waals surface area contributed by atoms with E-state index in [1.54, 1.807) is 0 Å². The van der Waals surface area contributed by atoms with Gasteiger partial charge in [0.1, 0.15) is 0 Å².